The summed E-state index contributed by atoms with van der Waals surface area (Å²) >= 11 is 0. The summed E-state index contributed by atoms with van der Waals surface area (Å²) in [6, 6.07) is 13.8. The standard InChI is InChI=1S/C21H12F3N3O2/c22-21(23,24)14-3-6-19-17(9-14)26-20(28)15-8-12(2-5-18(15)29-19)11-1-4-16-13(7-11)10-25-27-16/h1-10H,(H,25,27)(H,26,28). The van der Waals surface area contributed by atoms with Gasteiger partial charge in [-0.05, 0) is 53.6 Å². The van der Waals surface area contributed by atoms with Gasteiger partial charge in [0.25, 0.3) is 5.91 Å². The third-order valence-electron chi connectivity index (χ3n) is 4.77. The average Bonchev–Trinajstić information content (AvgIpc) is 3.11. The molecule has 1 aliphatic heterocycles. The van der Waals surface area contributed by atoms with Gasteiger partial charge in [-0.15, -0.1) is 0 Å². The highest BCUT2D eigenvalue weighted by Crippen LogP contribution is 2.40. The third kappa shape index (κ3) is 2.98. The Hall–Kier alpha value is -3.81. The second-order valence-electron chi connectivity index (χ2n) is 6.65. The topological polar surface area (TPSA) is 67.0 Å². The van der Waals surface area contributed by atoms with Crippen LogP contribution in [0.3, 0.4) is 0 Å². The van der Waals surface area contributed by atoms with E-state index in [0.717, 1.165) is 34.2 Å². The molecule has 5 nitrogen and oxygen atoms in total. The van der Waals surface area contributed by atoms with Crippen LogP contribution in [0.4, 0.5) is 18.9 Å². The number of H-pyrrole nitrogens is 1. The zero-order valence-corrected chi connectivity index (χ0v) is 14.7. The number of aromatic nitrogens is 2. The first-order valence-electron chi connectivity index (χ1n) is 8.66. The Morgan fingerprint density at radius 2 is 1.66 bits per heavy atom. The largest absolute Gasteiger partial charge is 0.454 e. The van der Waals surface area contributed by atoms with Gasteiger partial charge < -0.3 is 10.1 Å². The van der Waals surface area contributed by atoms with Crippen LogP contribution in [0.1, 0.15) is 15.9 Å². The molecule has 3 aromatic carbocycles. The fourth-order valence-electron chi connectivity index (χ4n) is 3.30. The van der Waals surface area contributed by atoms with Gasteiger partial charge in [-0.1, -0.05) is 12.1 Å². The van der Waals surface area contributed by atoms with E-state index in [1.807, 2.05) is 18.2 Å². The lowest BCUT2D eigenvalue weighted by Crippen LogP contribution is -2.12. The lowest BCUT2D eigenvalue weighted by atomic mass is 10.0. The predicted octanol–water partition coefficient (Wildman–Crippen LogP) is 5.61. The molecule has 0 saturated heterocycles. The van der Waals surface area contributed by atoms with Crippen molar-refractivity contribution in [1.82, 2.24) is 10.2 Å². The number of halogens is 3. The van der Waals surface area contributed by atoms with Crippen molar-refractivity contribution in [1.29, 1.82) is 0 Å². The quantitative estimate of drug-likeness (QED) is 0.440. The van der Waals surface area contributed by atoms with Crippen LogP contribution in [-0.2, 0) is 6.18 Å². The summed E-state index contributed by atoms with van der Waals surface area (Å²) in [5.74, 6) is -0.115. The van der Waals surface area contributed by atoms with Gasteiger partial charge in [-0.3, -0.25) is 9.89 Å². The first-order chi connectivity index (χ1) is 13.9. The minimum atomic E-state index is -4.52. The number of benzene rings is 3. The van der Waals surface area contributed by atoms with Gasteiger partial charge in [0.15, 0.2) is 5.75 Å². The molecule has 0 aliphatic carbocycles. The van der Waals surface area contributed by atoms with Gasteiger partial charge in [-0.25, -0.2) is 0 Å². The molecule has 4 aromatic rings. The van der Waals surface area contributed by atoms with Gasteiger partial charge in [0.2, 0.25) is 0 Å². The summed E-state index contributed by atoms with van der Waals surface area (Å²) in [7, 11) is 0. The fourth-order valence-corrected chi connectivity index (χ4v) is 3.30. The van der Waals surface area contributed by atoms with Crippen molar-refractivity contribution in [2.24, 2.45) is 0 Å². The molecule has 29 heavy (non-hydrogen) atoms. The van der Waals surface area contributed by atoms with Crippen LogP contribution in [0.15, 0.2) is 60.8 Å². The molecule has 0 fully saturated rings. The zero-order chi connectivity index (χ0) is 20.2. The molecule has 144 valence electrons. The molecule has 0 bridgehead atoms. The summed E-state index contributed by atoms with van der Waals surface area (Å²) in [5, 5.41) is 10.3. The number of hydrogen-bond acceptors (Lipinski definition) is 3. The molecule has 5 rings (SSSR count). The first-order valence-corrected chi connectivity index (χ1v) is 8.66. The van der Waals surface area contributed by atoms with Crippen LogP contribution >= 0.6 is 0 Å². The third-order valence-corrected chi connectivity index (χ3v) is 4.77. The number of rotatable bonds is 1. The molecule has 8 heteroatoms. The highest BCUT2D eigenvalue weighted by Gasteiger charge is 2.32. The molecular formula is C21H12F3N3O2. The Bertz CT molecular complexity index is 1280. The van der Waals surface area contributed by atoms with E-state index in [2.05, 4.69) is 15.5 Å². The van der Waals surface area contributed by atoms with Crippen LogP contribution in [0.5, 0.6) is 11.5 Å². The van der Waals surface area contributed by atoms with E-state index in [9.17, 15) is 18.0 Å². The molecule has 0 radical (unpaired) electrons. The molecule has 1 aromatic heterocycles. The van der Waals surface area contributed by atoms with E-state index < -0.39 is 17.6 Å². The Morgan fingerprint density at radius 1 is 0.897 bits per heavy atom. The summed E-state index contributed by atoms with van der Waals surface area (Å²) in [6.07, 6.45) is -2.81. The molecule has 0 spiro atoms. The van der Waals surface area contributed by atoms with E-state index in [1.54, 1.807) is 24.4 Å². The zero-order valence-electron chi connectivity index (χ0n) is 14.7. The van der Waals surface area contributed by atoms with E-state index in [1.165, 1.54) is 6.07 Å². The molecular weight excluding hydrogens is 383 g/mol. The Balaban J connectivity index is 1.55. The fraction of sp³-hybridized carbons (Fsp3) is 0.0476. The number of hydrogen-bond donors (Lipinski definition) is 2. The number of anilines is 1. The van der Waals surface area contributed by atoms with Crippen molar-refractivity contribution in [2.75, 3.05) is 5.32 Å². The number of carbonyl (C=O) groups is 1. The normalized spacial score (nSPS) is 13.3. The second kappa shape index (κ2) is 6.10. The van der Waals surface area contributed by atoms with Crippen LogP contribution in [0.2, 0.25) is 0 Å². The Kier molecular flexibility index (Phi) is 3.64. The van der Waals surface area contributed by atoms with Gasteiger partial charge in [0.05, 0.1) is 28.5 Å². The number of carbonyl (C=O) groups excluding carboxylic acids is 1. The van der Waals surface area contributed by atoms with Crippen molar-refractivity contribution >= 4 is 22.5 Å². The highest BCUT2D eigenvalue weighted by molar-refractivity contribution is 6.08. The second-order valence-corrected chi connectivity index (χ2v) is 6.65. The van der Waals surface area contributed by atoms with Crippen LogP contribution < -0.4 is 10.1 Å². The molecule has 1 amide bonds. The van der Waals surface area contributed by atoms with Crippen LogP contribution in [-0.4, -0.2) is 16.1 Å². The molecule has 2 N–H and O–H groups in total. The number of nitrogens with one attached hydrogen (secondary N) is 2. The van der Waals surface area contributed by atoms with Crippen molar-refractivity contribution in [3.8, 4) is 22.6 Å². The maximum absolute atomic E-state index is 13.0. The molecule has 0 saturated carbocycles. The lowest BCUT2D eigenvalue weighted by Gasteiger charge is -2.11. The number of alkyl halides is 3. The van der Waals surface area contributed by atoms with Gasteiger partial charge in [0.1, 0.15) is 5.75 Å². The van der Waals surface area contributed by atoms with E-state index in [0.29, 0.717) is 0 Å². The Morgan fingerprint density at radius 3 is 2.48 bits per heavy atom. The summed E-state index contributed by atoms with van der Waals surface area (Å²) < 4.78 is 44.7. The average molecular weight is 395 g/mol. The smallest absolute Gasteiger partial charge is 0.416 e. The van der Waals surface area contributed by atoms with E-state index in [4.69, 9.17) is 4.74 Å². The van der Waals surface area contributed by atoms with Crippen molar-refractivity contribution in [2.45, 2.75) is 6.18 Å². The van der Waals surface area contributed by atoms with E-state index >= 15 is 0 Å². The molecule has 1 aliphatic rings. The van der Waals surface area contributed by atoms with Crippen LogP contribution in [0.25, 0.3) is 22.0 Å². The monoisotopic (exact) mass is 395 g/mol. The van der Waals surface area contributed by atoms with Crippen molar-refractivity contribution < 1.29 is 22.7 Å². The summed E-state index contributed by atoms with van der Waals surface area (Å²) in [5.41, 5.74) is 1.88. The highest BCUT2D eigenvalue weighted by atomic mass is 19.4. The van der Waals surface area contributed by atoms with Crippen molar-refractivity contribution in [3.05, 3.63) is 71.9 Å². The SMILES string of the molecule is O=C1Nc2cc(C(F)(F)F)ccc2Oc2ccc(-c3ccc4[nH]ncc4c3)cc21. The molecule has 2 heterocycles. The van der Waals surface area contributed by atoms with Crippen molar-refractivity contribution in [3.63, 3.8) is 0 Å². The van der Waals surface area contributed by atoms with Gasteiger partial charge >= 0.3 is 6.18 Å². The minimum absolute atomic E-state index is 0.0256. The lowest BCUT2D eigenvalue weighted by molar-refractivity contribution is -0.137. The predicted molar refractivity (Wildman–Crippen MR) is 101 cm³/mol. The minimum Gasteiger partial charge on any atom is -0.454 e. The first kappa shape index (κ1) is 17.3. The summed E-state index contributed by atoms with van der Waals surface area (Å²) in [4.78, 5) is 12.7. The molecule has 0 atom stereocenters. The molecule has 0 unspecified atom stereocenters. The van der Waals surface area contributed by atoms with Crippen LogP contribution in [0, 0.1) is 0 Å². The number of ether oxygens (including phenoxy) is 1. The maximum Gasteiger partial charge on any atom is 0.416 e. The number of amides is 1. The van der Waals surface area contributed by atoms with E-state index in [-0.39, 0.29) is 22.7 Å². The van der Waals surface area contributed by atoms with Gasteiger partial charge in [-0.2, -0.15) is 18.3 Å². The Labute approximate surface area is 162 Å². The number of fused-ring (bicyclic) bond motifs is 3. The number of nitrogens with zero attached hydrogens (tertiary/aromatic N) is 1. The van der Waals surface area contributed by atoms with Gasteiger partial charge in [0, 0.05) is 5.39 Å². The summed E-state index contributed by atoms with van der Waals surface area (Å²) in [6.45, 7) is 0. The number of aromatic amines is 1. The maximum atomic E-state index is 13.0.